The zero-order chi connectivity index (χ0) is 14.5. The molecule has 20 heavy (non-hydrogen) atoms. The molecule has 0 aliphatic heterocycles. The van der Waals surface area contributed by atoms with Crippen LogP contribution in [0, 0.1) is 20.8 Å². The average molecular weight is 270 g/mol. The topological polar surface area (TPSA) is 18.5 Å². The summed E-state index contributed by atoms with van der Waals surface area (Å²) in [5.74, 6) is 1.92. The molecule has 0 saturated heterocycles. The summed E-state index contributed by atoms with van der Waals surface area (Å²) < 4.78 is 11.7. The van der Waals surface area contributed by atoms with Crippen LogP contribution in [0.3, 0.4) is 0 Å². The fraction of sp³-hybridized carbons (Fsp3) is 0.333. The van der Waals surface area contributed by atoms with Crippen LogP contribution < -0.4 is 9.47 Å². The van der Waals surface area contributed by atoms with Gasteiger partial charge in [0.2, 0.25) is 0 Å². The molecule has 106 valence electrons. The van der Waals surface area contributed by atoms with Crippen LogP contribution in [0.5, 0.6) is 11.5 Å². The first-order chi connectivity index (χ1) is 9.63. The zero-order valence-corrected chi connectivity index (χ0v) is 12.7. The average Bonchev–Trinajstić information content (AvgIpc) is 2.47. The Hall–Kier alpha value is -1.96. The van der Waals surface area contributed by atoms with E-state index in [1.807, 2.05) is 25.1 Å². The maximum absolute atomic E-state index is 5.96. The molecule has 2 aromatic rings. The molecule has 0 radical (unpaired) electrons. The normalized spacial score (nSPS) is 10.4. The van der Waals surface area contributed by atoms with Gasteiger partial charge in [0.25, 0.3) is 0 Å². The van der Waals surface area contributed by atoms with Crippen molar-refractivity contribution in [3.63, 3.8) is 0 Å². The van der Waals surface area contributed by atoms with E-state index in [9.17, 15) is 0 Å². The lowest BCUT2D eigenvalue weighted by molar-refractivity contribution is 0.300. The van der Waals surface area contributed by atoms with Crippen LogP contribution >= 0.6 is 0 Å². The van der Waals surface area contributed by atoms with E-state index in [2.05, 4.69) is 39.0 Å². The van der Waals surface area contributed by atoms with Crippen LogP contribution in [0.15, 0.2) is 36.4 Å². The molecular weight excluding hydrogens is 248 g/mol. The van der Waals surface area contributed by atoms with Gasteiger partial charge in [-0.3, -0.25) is 0 Å². The molecule has 0 spiro atoms. The van der Waals surface area contributed by atoms with Gasteiger partial charge < -0.3 is 9.47 Å². The van der Waals surface area contributed by atoms with E-state index in [1.165, 1.54) is 5.56 Å². The summed E-state index contributed by atoms with van der Waals surface area (Å²) in [6.45, 7) is 9.51. The fourth-order valence-electron chi connectivity index (χ4n) is 2.27. The minimum absolute atomic E-state index is 0.592. The number of hydrogen-bond acceptors (Lipinski definition) is 2. The summed E-state index contributed by atoms with van der Waals surface area (Å²) in [6, 6.07) is 12.3. The van der Waals surface area contributed by atoms with Crippen molar-refractivity contribution in [1.82, 2.24) is 0 Å². The third kappa shape index (κ3) is 3.13. The van der Waals surface area contributed by atoms with Crippen molar-refractivity contribution in [2.45, 2.75) is 34.3 Å². The Morgan fingerprint density at radius 2 is 1.60 bits per heavy atom. The standard InChI is InChI=1S/C18H22O2/c1-5-19-18-13(2)11-17(14(3)15(18)4)20-12-16-9-7-6-8-10-16/h6-11H,5,12H2,1-4H3. The third-order valence-electron chi connectivity index (χ3n) is 3.50. The Bertz CT molecular complexity index is 574. The number of aryl methyl sites for hydroxylation is 1. The Kier molecular flexibility index (Phi) is 4.67. The van der Waals surface area contributed by atoms with E-state index in [-0.39, 0.29) is 0 Å². The second kappa shape index (κ2) is 6.47. The molecule has 0 aliphatic rings. The molecule has 2 nitrogen and oxygen atoms in total. The lowest BCUT2D eigenvalue weighted by atomic mass is 10.0. The first-order valence-corrected chi connectivity index (χ1v) is 7.03. The van der Waals surface area contributed by atoms with E-state index < -0.39 is 0 Å². The van der Waals surface area contributed by atoms with Gasteiger partial charge in [0.1, 0.15) is 18.1 Å². The summed E-state index contributed by atoms with van der Waals surface area (Å²) >= 11 is 0. The van der Waals surface area contributed by atoms with Crippen molar-refractivity contribution in [2.24, 2.45) is 0 Å². The van der Waals surface area contributed by atoms with Crippen molar-refractivity contribution in [1.29, 1.82) is 0 Å². The highest BCUT2D eigenvalue weighted by molar-refractivity contribution is 5.52. The van der Waals surface area contributed by atoms with Crippen molar-refractivity contribution in [3.05, 3.63) is 58.7 Å². The van der Waals surface area contributed by atoms with Gasteiger partial charge >= 0.3 is 0 Å². The quantitative estimate of drug-likeness (QED) is 0.791. The Morgan fingerprint density at radius 3 is 2.25 bits per heavy atom. The molecule has 0 aromatic heterocycles. The van der Waals surface area contributed by atoms with E-state index >= 15 is 0 Å². The van der Waals surface area contributed by atoms with E-state index in [0.717, 1.165) is 28.2 Å². The van der Waals surface area contributed by atoms with Crippen molar-refractivity contribution in [3.8, 4) is 11.5 Å². The smallest absolute Gasteiger partial charge is 0.125 e. The molecule has 0 fully saturated rings. The minimum atomic E-state index is 0.592. The van der Waals surface area contributed by atoms with Crippen LogP contribution in [0.25, 0.3) is 0 Å². The molecule has 0 saturated carbocycles. The van der Waals surface area contributed by atoms with E-state index in [0.29, 0.717) is 13.2 Å². The first-order valence-electron chi connectivity index (χ1n) is 7.03. The van der Waals surface area contributed by atoms with Gasteiger partial charge in [-0.1, -0.05) is 30.3 Å². The summed E-state index contributed by atoms with van der Waals surface area (Å²) in [5, 5.41) is 0. The Morgan fingerprint density at radius 1 is 0.900 bits per heavy atom. The molecule has 0 unspecified atom stereocenters. The van der Waals surface area contributed by atoms with Crippen LogP contribution in [0.4, 0.5) is 0 Å². The number of ether oxygens (including phenoxy) is 2. The molecular formula is C18H22O2. The Labute approximate surface area is 121 Å². The third-order valence-corrected chi connectivity index (χ3v) is 3.50. The molecule has 0 N–H and O–H groups in total. The number of hydrogen-bond donors (Lipinski definition) is 0. The molecule has 2 heteroatoms. The number of rotatable bonds is 5. The van der Waals surface area contributed by atoms with Crippen molar-refractivity contribution >= 4 is 0 Å². The van der Waals surface area contributed by atoms with Gasteiger partial charge in [-0.25, -0.2) is 0 Å². The predicted octanol–water partition coefficient (Wildman–Crippen LogP) is 4.59. The summed E-state index contributed by atoms with van der Waals surface area (Å²) in [4.78, 5) is 0. The largest absolute Gasteiger partial charge is 0.493 e. The fourth-order valence-corrected chi connectivity index (χ4v) is 2.27. The maximum Gasteiger partial charge on any atom is 0.125 e. The lowest BCUT2D eigenvalue weighted by Gasteiger charge is -2.17. The SMILES string of the molecule is CCOc1c(C)cc(OCc2ccccc2)c(C)c1C. The number of benzene rings is 2. The van der Waals surface area contributed by atoms with E-state index in [4.69, 9.17) is 9.47 Å². The first kappa shape index (κ1) is 14.4. The van der Waals surface area contributed by atoms with Crippen LogP contribution in [0.1, 0.15) is 29.2 Å². The van der Waals surface area contributed by atoms with Crippen molar-refractivity contribution in [2.75, 3.05) is 6.61 Å². The van der Waals surface area contributed by atoms with Crippen LogP contribution in [0.2, 0.25) is 0 Å². The van der Waals surface area contributed by atoms with E-state index in [1.54, 1.807) is 0 Å². The molecule has 0 aliphatic carbocycles. The zero-order valence-electron chi connectivity index (χ0n) is 12.7. The summed E-state index contributed by atoms with van der Waals surface area (Å²) in [6.07, 6.45) is 0. The van der Waals surface area contributed by atoms with Gasteiger partial charge in [-0.15, -0.1) is 0 Å². The molecule has 0 heterocycles. The second-order valence-corrected chi connectivity index (χ2v) is 4.98. The molecule has 0 atom stereocenters. The van der Waals surface area contributed by atoms with Crippen LogP contribution in [-0.4, -0.2) is 6.61 Å². The lowest BCUT2D eigenvalue weighted by Crippen LogP contribution is -2.02. The van der Waals surface area contributed by atoms with Gasteiger partial charge in [0.05, 0.1) is 6.61 Å². The second-order valence-electron chi connectivity index (χ2n) is 4.98. The minimum Gasteiger partial charge on any atom is -0.493 e. The van der Waals surface area contributed by atoms with Crippen molar-refractivity contribution < 1.29 is 9.47 Å². The molecule has 0 amide bonds. The molecule has 2 rings (SSSR count). The van der Waals surface area contributed by atoms with Crippen LogP contribution in [-0.2, 0) is 6.61 Å². The predicted molar refractivity (Wildman–Crippen MR) is 82.6 cm³/mol. The van der Waals surface area contributed by atoms with Gasteiger partial charge in [-0.05, 0) is 56.0 Å². The summed E-state index contributed by atoms with van der Waals surface area (Å²) in [7, 11) is 0. The highest BCUT2D eigenvalue weighted by Gasteiger charge is 2.12. The monoisotopic (exact) mass is 270 g/mol. The molecule has 0 bridgehead atoms. The summed E-state index contributed by atoms with van der Waals surface area (Å²) in [5.41, 5.74) is 4.61. The highest BCUT2D eigenvalue weighted by Crippen LogP contribution is 2.33. The van der Waals surface area contributed by atoms with Gasteiger partial charge in [0, 0.05) is 0 Å². The van der Waals surface area contributed by atoms with Gasteiger partial charge in [-0.2, -0.15) is 0 Å². The Balaban J connectivity index is 2.20. The molecule has 2 aromatic carbocycles. The highest BCUT2D eigenvalue weighted by atomic mass is 16.5. The van der Waals surface area contributed by atoms with Gasteiger partial charge in [0.15, 0.2) is 0 Å². The maximum atomic E-state index is 5.96.